The Morgan fingerprint density at radius 1 is 1.08 bits per heavy atom. The van der Waals surface area contributed by atoms with Gasteiger partial charge in [-0.05, 0) is 36.8 Å². The van der Waals surface area contributed by atoms with Crippen LogP contribution >= 0.6 is 0 Å². The van der Waals surface area contributed by atoms with E-state index in [1.54, 1.807) is 12.1 Å². The van der Waals surface area contributed by atoms with Gasteiger partial charge in [0.2, 0.25) is 0 Å². The molecule has 2 amide bonds. The van der Waals surface area contributed by atoms with Crippen molar-refractivity contribution in [1.29, 1.82) is 0 Å². The molecule has 0 saturated heterocycles. The van der Waals surface area contributed by atoms with Crippen LogP contribution in [0.4, 0.5) is 4.39 Å². The van der Waals surface area contributed by atoms with Gasteiger partial charge in [-0.15, -0.1) is 0 Å². The lowest BCUT2D eigenvalue weighted by Crippen LogP contribution is -2.34. The molecule has 1 aliphatic rings. The summed E-state index contributed by atoms with van der Waals surface area (Å²) >= 11 is 0. The molecule has 1 aliphatic heterocycles. The molecule has 2 aromatic rings. The van der Waals surface area contributed by atoms with Crippen molar-refractivity contribution < 1.29 is 28.3 Å². The first-order valence-electron chi connectivity index (χ1n) is 7.47. The van der Waals surface area contributed by atoms with Crippen LogP contribution in [0.5, 0.6) is 5.75 Å². The monoisotopic (exact) mass is 343 g/mol. The lowest BCUT2D eigenvalue weighted by Gasteiger charge is -2.17. The van der Waals surface area contributed by atoms with Crippen LogP contribution in [0.3, 0.4) is 0 Å². The first kappa shape index (κ1) is 16.6. The van der Waals surface area contributed by atoms with Crippen LogP contribution in [0.25, 0.3) is 0 Å². The molecule has 1 atom stereocenters. The van der Waals surface area contributed by atoms with E-state index in [4.69, 9.17) is 9.57 Å². The second-order valence-corrected chi connectivity index (χ2v) is 5.48. The Bertz CT molecular complexity index is 845. The largest absolute Gasteiger partial charge is 0.494 e. The van der Waals surface area contributed by atoms with E-state index < -0.39 is 29.5 Å². The Kier molecular flexibility index (Phi) is 4.22. The quantitative estimate of drug-likeness (QED) is 0.798. The zero-order chi connectivity index (χ0) is 18.1. The van der Waals surface area contributed by atoms with E-state index in [1.165, 1.54) is 38.3 Å². The van der Waals surface area contributed by atoms with Gasteiger partial charge in [0.05, 0.1) is 24.2 Å². The number of carbonyl (C=O) groups excluding carboxylic acids is 3. The summed E-state index contributed by atoms with van der Waals surface area (Å²) < 4.78 is 18.6. The zero-order valence-electron chi connectivity index (χ0n) is 13.5. The summed E-state index contributed by atoms with van der Waals surface area (Å²) in [6, 6.07) is 10.2. The minimum absolute atomic E-state index is 0.0460. The number of imide groups is 1. The van der Waals surface area contributed by atoms with Gasteiger partial charge >= 0.3 is 5.97 Å². The predicted molar refractivity (Wildman–Crippen MR) is 84.4 cm³/mol. The van der Waals surface area contributed by atoms with E-state index in [9.17, 15) is 18.8 Å². The summed E-state index contributed by atoms with van der Waals surface area (Å²) in [4.78, 5) is 41.6. The standard InChI is InChI=1S/C18H14FNO5/c1-10(11-7-8-15(24-2)14(19)9-11)18(23)25-20-16(21)12-5-3-4-6-13(12)17(20)22/h3-10H,1-2H3. The normalized spacial score (nSPS) is 14.3. The third-order valence-electron chi connectivity index (χ3n) is 3.97. The van der Waals surface area contributed by atoms with E-state index in [0.29, 0.717) is 10.6 Å². The molecule has 0 radical (unpaired) electrons. The summed E-state index contributed by atoms with van der Waals surface area (Å²) in [5, 5.41) is 0.434. The van der Waals surface area contributed by atoms with Gasteiger partial charge in [0, 0.05) is 0 Å². The van der Waals surface area contributed by atoms with Crippen molar-refractivity contribution in [3.05, 3.63) is 65.0 Å². The number of halogens is 1. The third-order valence-corrected chi connectivity index (χ3v) is 3.97. The number of hydroxylamine groups is 2. The topological polar surface area (TPSA) is 72.9 Å². The van der Waals surface area contributed by atoms with Crippen molar-refractivity contribution >= 4 is 17.8 Å². The van der Waals surface area contributed by atoms with Crippen molar-refractivity contribution in [1.82, 2.24) is 5.06 Å². The fourth-order valence-corrected chi connectivity index (χ4v) is 2.51. The second kappa shape index (κ2) is 6.35. The van der Waals surface area contributed by atoms with Crippen molar-refractivity contribution in [2.24, 2.45) is 0 Å². The molecule has 0 N–H and O–H groups in total. The molecular weight excluding hydrogens is 329 g/mol. The highest BCUT2D eigenvalue weighted by molar-refractivity contribution is 6.20. The third kappa shape index (κ3) is 2.84. The van der Waals surface area contributed by atoms with Crippen molar-refractivity contribution in [2.45, 2.75) is 12.8 Å². The van der Waals surface area contributed by atoms with Gasteiger partial charge < -0.3 is 9.57 Å². The number of methoxy groups -OCH3 is 1. The average Bonchev–Trinajstić information content (AvgIpc) is 2.86. The summed E-state index contributed by atoms with van der Waals surface area (Å²) in [6.07, 6.45) is 0. The number of benzene rings is 2. The lowest BCUT2D eigenvalue weighted by atomic mass is 10.0. The van der Waals surface area contributed by atoms with Gasteiger partial charge in [0.25, 0.3) is 11.8 Å². The van der Waals surface area contributed by atoms with Gasteiger partial charge in [-0.25, -0.2) is 9.18 Å². The average molecular weight is 343 g/mol. The number of rotatable bonds is 4. The highest BCUT2D eigenvalue weighted by Gasteiger charge is 2.39. The molecule has 6 nitrogen and oxygen atoms in total. The van der Waals surface area contributed by atoms with E-state index in [-0.39, 0.29) is 16.9 Å². The number of fused-ring (bicyclic) bond motifs is 1. The molecule has 3 rings (SSSR count). The molecule has 1 unspecified atom stereocenters. The minimum Gasteiger partial charge on any atom is -0.494 e. The van der Waals surface area contributed by atoms with E-state index in [0.717, 1.165) is 6.07 Å². The Morgan fingerprint density at radius 2 is 1.68 bits per heavy atom. The molecule has 25 heavy (non-hydrogen) atoms. The highest BCUT2D eigenvalue weighted by Crippen LogP contribution is 2.27. The fraction of sp³-hybridized carbons (Fsp3) is 0.167. The molecule has 128 valence electrons. The van der Waals surface area contributed by atoms with Gasteiger partial charge in [-0.1, -0.05) is 23.3 Å². The van der Waals surface area contributed by atoms with Crippen LogP contribution < -0.4 is 4.74 Å². The zero-order valence-corrected chi connectivity index (χ0v) is 13.5. The van der Waals surface area contributed by atoms with Crippen LogP contribution in [0.1, 0.15) is 39.1 Å². The number of ether oxygens (including phenoxy) is 1. The molecule has 0 aliphatic carbocycles. The molecule has 0 saturated carbocycles. The molecule has 7 heteroatoms. The second-order valence-electron chi connectivity index (χ2n) is 5.48. The van der Waals surface area contributed by atoms with Crippen molar-refractivity contribution in [2.75, 3.05) is 7.11 Å². The smallest absolute Gasteiger partial charge is 0.340 e. The molecule has 0 fully saturated rings. The maximum Gasteiger partial charge on any atom is 0.340 e. The Hall–Kier alpha value is -3.22. The molecule has 0 aromatic heterocycles. The maximum absolute atomic E-state index is 13.8. The van der Waals surface area contributed by atoms with Gasteiger partial charge in [-0.2, -0.15) is 0 Å². The summed E-state index contributed by atoms with van der Waals surface area (Å²) in [5.41, 5.74) is 0.673. The number of hydrogen-bond acceptors (Lipinski definition) is 5. The molecular formula is C18H14FNO5. The van der Waals surface area contributed by atoms with Crippen LogP contribution in [-0.4, -0.2) is 30.0 Å². The Morgan fingerprint density at radius 3 is 2.20 bits per heavy atom. The van der Waals surface area contributed by atoms with Crippen LogP contribution in [0.2, 0.25) is 0 Å². The van der Waals surface area contributed by atoms with E-state index in [1.807, 2.05) is 0 Å². The summed E-state index contributed by atoms with van der Waals surface area (Å²) in [5.74, 6) is -3.72. The Labute approximate surface area is 142 Å². The van der Waals surface area contributed by atoms with Gasteiger partial charge in [-0.3, -0.25) is 9.59 Å². The fourth-order valence-electron chi connectivity index (χ4n) is 2.51. The van der Waals surface area contributed by atoms with Crippen molar-refractivity contribution in [3.63, 3.8) is 0 Å². The first-order valence-corrected chi connectivity index (χ1v) is 7.47. The maximum atomic E-state index is 13.8. The number of amides is 2. The van der Waals surface area contributed by atoms with Crippen LogP contribution in [-0.2, 0) is 9.63 Å². The summed E-state index contributed by atoms with van der Waals surface area (Å²) in [6.45, 7) is 1.49. The van der Waals surface area contributed by atoms with Gasteiger partial charge in [0.15, 0.2) is 11.6 Å². The van der Waals surface area contributed by atoms with Crippen LogP contribution in [0, 0.1) is 5.82 Å². The van der Waals surface area contributed by atoms with Crippen LogP contribution in [0.15, 0.2) is 42.5 Å². The van der Waals surface area contributed by atoms with Crippen molar-refractivity contribution in [3.8, 4) is 5.75 Å². The first-order chi connectivity index (χ1) is 11.9. The predicted octanol–water partition coefficient (Wildman–Crippen LogP) is 2.69. The molecule has 0 spiro atoms. The SMILES string of the molecule is COc1ccc(C(C)C(=O)ON2C(=O)c3ccccc3C2=O)cc1F. The van der Waals surface area contributed by atoms with Gasteiger partial charge in [0.1, 0.15) is 0 Å². The molecule has 1 heterocycles. The number of hydrogen-bond donors (Lipinski definition) is 0. The van der Waals surface area contributed by atoms with E-state index in [2.05, 4.69) is 0 Å². The number of carbonyl (C=O) groups is 3. The highest BCUT2D eigenvalue weighted by atomic mass is 19.1. The number of nitrogens with zero attached hydrogens (tertiary/aromatic N) is 1. The van der Waals surface area contributed by atoms with E-state index >= 15 is 0 Å². The Balaban J connectivity index is 1.78. The lowest BCUT2D eigenvalue weighted by molar-refractivity contribution is -0.170. The molecule has 0 bridgehead atoms. The molecule has 2 aromatic carbocycles. The summed E-state index contributed by atoms with van der Waals surface area (Å²) in [7, 11) is 1.33. The minimum atomic E-state index is -0.885.